The summed E-state index contributed by atoms with van der Waals surface area (Å²) in [6, 6.07) is 12.2. The summed E-state index contributed by atoms with van der Waals surface area (Å²) in [5.74, 6) is -0.279. The summed E-state index contributed by atoms with van der Waals surface area (Å²) in [7, 11) is 3.01. The van der Waals surface area contributed by atoms with Crippen LogP contribution in [-0.2, 0) is 0 Å². The van der Waals surface area contributed by atoms with Crippen molar-refractivity contribution >= 4 is 34.5 Å². The van der Waals surface area contributed by atoms with Crippen molar-refractivity contribution in [3.8, 4) is 11.5 Å². The fourth-order valence-corrected chi connectivity index (χ4v) is 3.36. The molecule has 1 aliphatic rings. The molecule has 0 spiro atoms. The Bertz CT molecular complexity index is 1210. The summed E-state index contributed by atoms with van der Waals surface area (Å²) in [4.78, 5) is 36.6. The third-order valence-electron chi connectivity index (χ3n) is 4.76. The van der Waals surface area contributed by atoms with Gasteiger partial charge in [0.1, 0.15) is 11.5 Å². The highest BCUT2D eigenvalue weighted by molar-refractivity contribution is 6.26. The fraction of sp³-hybridized carbons (Fsp3) is 0.0952. The summed E-state index contributed by atoms with van der Waals surface area (Å²) < 4.78 is 10.4. The van der Waals surface area contributed by atoms with Crippen molar-refractivity contribution in [2.75, 3.05) is 14.2 Å². The molecular weight excluding hydrogens is 390 g/mol. The maximum atomic E-state index is 12.9. The van der Waals surface area contributed by atoms with Gasteiger partial charge in [0.25, 0.3) is 17.5 Å². The number of nitrogens with zero attached hydrogens (tertiary/aromatic N) is 3. The number of amides is 2. The Labute approximate surface area is 170 Å². The Morgan fingerprint density at radius 2 is 1.60 bits per heavy atom. The molecule has 0 aromatic heterocycles. The van der Waals surface area contributed by atoms with Gasteiger partial charge in [0.15, 0.2) is 0 Å². The SMILES string of the molecule is COc1cc(/C=N\N2C(=O)c3cccc4c([N+](=O)[O-])ccc(c34)C2=O)cc(OC)c1. The van der Waals surface area contributed by atoms with Gasteiger partial charge in [0.05, 0.1) is 41.9 Å². The first-order valence-corrected chi connectivity index (χ1v) is 8.80. The van der Waals surface area contributed by atoms with Gasteiger partial charge < -0.3 is 9.47 Å². The van der Waals surface area contributed by atoms with Gasteiger partial charge in [-0.3, -0.25) is 19.7 Å². The molecule has 0 bridgehead atoms. The smallest absolute Gasteiger partial charge is 0.282 e. The number of carbonyl (C=O) groups excluding carboxylic acids is 2. The number of ether oxygens (including phenoxy) is 2. The highest BCUT2D eigenvalue weighted by Gasteiger charge is 2.34. The number of imide groups is 1. The van der Waals surface area contributed by atoms with Crippen LogP contribution in [0, 0.1) is 10.1 Å². The number of hydrogen-bond acceptors (Lipinski definition) is 7. The van der Waals surface area contributed by atoms with E-state index in [9.17, 15) is 19.7 Å². The number of carbonyl (C=O) groups is 2. The molecule has 0 aliphatic carbocycles. The van der Waals surface area contributed by atoms with Gasteiger partial charge in [0.2, 0.25) is 0 Å². The van der Waals surface area contributed by atoms with Crippen LogP contribution in [0.4, 0.5) is 5.69 Å². The Hall–Kier alpha value is -4.27. The number of hydrogen-bond donors (Lipinski definition) is 0. The quantitative estimate of drug-likeness (QED) is 0.278. The largest absolute Gasteiger partial charge is 0.497 e. The van der Waals surface area contributed by atoms with Crippen molar-refractivity contribution in [3.63, 3.8) is 0 Å². The van der Waals surface area contributed by atoms with Crippen LogP contribution in [0.3, 0.4) is 0 Å². The van der Waals surface area contributed by atoms with Crippen molar-refractivity contribution in [1.29, 1.82) is 0 Å². The Morgan fingerprint density at radius 1 is 0.967 bits per heavy atom. The second kappa shape index (κ2) is 7.28. The molecule has 4 rings (SSSR count). The molecule has 0 unspecified atom stereocenters. The van der Waals surface area contributed by atoms with Crippen molar-refractivity contribution in [1.82, 2.24) is 5.01 Å². The van der Waals surface area contributed by atoms with E-state index in [1.165, 1.54) is 50.8 Å². The molecule has 30 heavy (non-hydrogen) atoms. The standard InChI is InChI=1S/C21H15N3O6/c1-29-13-8-12(9-14(10-13)30-2)11-22-23-20(25)16-5-3-4-15-18(24(27)28)7-6-17(19(15)16)21(23)26/h3-11H,1-2H3/b22-11-. The van der Waals surface area contributed by atoms with Crippen molar-refractivity contribution < 1.29 is 24.0 Å². The molecule has 0 atom stereocenters. The Morgan fingerprint density at radius 3 is 2.20 bits per heavy atom. The molecule has 0 N–H and O–H groups in total. The van der Waals surface area contributed by atoms with E-state index in [4.69, 9.17) is 9.47 Å². The van der Waals surface area contributed by atoms with E-state index in [1.54, 1.807) is 18.2 Å². The minimum absolute atomic E-state index is 0.170. The summed E-state index contributed by atoms with van der Waals surface area (Å²) in [6.45, 7) is 0. The molecule has 150 valence electrons. The van der Waals surface area contributed by atoms with Gasteiger partial charge in [-0.15, -0.1) is 0 Å². The number of benzene rings is 3. The predicted octanol–water partition coefficient (Wildman–Crippen LogP) is 3.40. The molecule has 9 nitrogen and oxygen atoms in total. The van der Waals surface area contributed by atoms with Crippen LogP contribution < -0.4 is 9.47 Å². The predicted molar refractivity (Wildman–Crippen MR) is 108 cm³/mol. The molecule has 2 amide bonds. The van der Waals surface area contributed by atoms with Crippen LogP contribution in [-0.4, -0.2) is 42.2 Å². The van der Waals surface area contributed by atoms with E-state index in [2.05, 4.69) is 5.10 Å². The fourth-order valence-electron chi connectivity index (χ4n) is 3.36. The van der Waals surface area contributed by atoms with Gasteiger partial charge >= 0.3 is 0 Å². The number of nitro benzene ring substituents is 1. The zero-order valence-corrected chi connectivity index (χ0v) is 16.0. The average molecular weight is 405 g/mol. The maximum absolute atomic E-state index is 12.9. The molecular formula is C21H15N3O6. The average Bonchev–Trinajstić information content (AvgIpc) is 2.76. The number of nitro groups is 1. The molecule has 1 heterocycles. The molecule has 0 fully saturated rings. The Kier molecular flexibility index (Phi) is 4.63. The monoisotopic (exact) mass is 405 g/mol. The first-order valence-electron chi connectivity index (χ1n) is 8.80. The van der Waals surface area contributed by atoms with Crippen LogP contribution in [0.2, 0.25) is 0 Å². The summed E-state index contributed by atoms with van der Waals surface area (Å²) in [5.41, 5.74) is 0.730. The van der Waals surface area contributed by atoms with Crippen LogP contribution in [0.1, 0.15) is 26.3 Å². The maximum Gasteiger partial charge on any atom is 0.282 e. The number of methoxy groups -OCH3 is 2. The molecule has 0 radical (unpaired) electrons. The van der Waals surface area contributed by atoms with Crippen molar-refractivity contribution in [2.45, 2.75) is 0 Å². The van der Waals surface area contributed by atoms with E-state index in [0.29, 0.717) is 17.1 Å². The number of rotatable bonds is 5. The summed E-state index contributed by atoms with van der Waals surface area (Å²) in [6.07, 6.45) is 1.34. The topological polar surface area (TPSA) is 111 Å². The minimum atomic E-state index is -0.662. The second-order valence-corrected chi connectivity index (χ2v) is 6.43. The van der Waals surface area contributed by atoms with E-state index >= 15 is 0 Å². The lowest BCUT2D eigenvalue weighted by Gasteiger charge is -2.23. The van der Waals surface area contributed by atoms with Crippen molar-refractivity contribution in [3.05, 3.63) is 75.3 Å². The first-order chi connectivity index (χ1) is 14.4. The highest BCUT2D eigenvalue weighted by Crippen LogP contribution is 2.35. The lowest BCUT2D eigenvalue weighted by Crippen LogP contribution is -2.36. The van der Waals surface area contributed by atoms with E-state index < -0.39 is 16.7 Å². The second-order valence-electron chi connectivity index (χ2n) is 6.43. The number of non-ortho nitro benzene ring substituents is 1. The summed E-state index contributed by atoms with van der Waals surface area (Å²) in [5, 5.41) is 16.6. The molecule has 0 saturated carbocycles. The van der Waals surface area contributed by atoms with Gasteiger partial charge in [-0.1, -0.05) is 6.07 Å². The van der Waals surface area contributed by atoms with E-state index in [-0.39, 0.29) is 27.6 Å². The lowest BCUT2D eigenvalue weighted by atomic mass is 9.94. The van der Waals surface area contributed by atoms with E-state index in [0.717, 1.165) is 5.01 Å². The van der Waals surface area contributed by atoms with Gasteiger partial charge in [-0.05, 0) is 30.3 Å². The van der Waals surface area contributed by atoms with Crippen LogP contribution in [0.15, 0.2) is 53.6 Å². The Balaban J connectivity index is 1.78. The normalized spacial score (nSPS) is 13.2. The third-order valence-corrected chi connectivity index (χ3v) is 4.76. The van der Waals surface area contributed by atoms with E-state index in [1.807, 2.05) is 0 Å². The van der Waals surface area contributed by atoms with Gasteiger partial charge in [-0.2, -0.15) is 10.1 Å². The molecule has 0 saturated heterocycles. The highest BCUT2D eigenvalue weighted by atomic mass is 16.6. The molecule has 9 heteroatoms. The minimum Gasteiger partial charge on any atom is -0.497 e. The molecule has 3 aromatic rings. The van der Waals surface area contributed by atoms with Gasteiger partial charge in [-0.25, -0.2) is 0 Å². The summed E-state index contributed by atoms with van der Waals surface area (Å²) >= 11 is 0. The molecule has 1 aliphatic heterocycles. The van der Waals surface area contributed by atoms with Gasteiger partial charge in [0, 0.05) is 23.1 Å². The zero-order chi connectivity index (χ0) is 21.4. The van der Waals surface area contributed by atoms with Crippen LogP contribution >= 0.6 is 0 Å². The first kappa shape index (κ1) is 19.1. The van der Waals surface area contributed by atoms with Crippen LogP contribution in [0.25, 0.3) is 10.8 Å². The zero-order valence-electron chi connectivity index (χ0n) is 16.0. The van der Waals surface area contributed by atoms with Crippen LogP contribution in [0.5, 0.6) is 11.5 Å². The third kappa shape index (κ3) is 3.02. The van der Waals surface area contributed by atoms with Crippen molar-refractivity contribution in [2.24, 2.45) is 5.10 Å². The lowest BCUT2D eigenvalue weighted by molar-refractivity contribution is -0.383. The molecule has 3 aromatic carbocycles. The number of hydrazone groups is 1.